The maximum Gasteiger partial charge on any atom is 0.123 e. The van der Waals surface area contributed by atoms with Crippen molar-refractivity contribution in [2.75, 3.05) is 11.4 Å². The van der Waals surface area contributed by atoms with Gasteiger partial charge >= 0.3 is 0 Å². The molecule has 0 radical (unpaired) electrons. The second-order valence-corrected chi connectivity index (χ2v) is 6.20. The van der Waals surface area contributed by atoms with Crippen LogP contribution in [0.5, 0.6) is 0 Å². The normalized spacial score (nSPS) is 11.6. The van der Waals surface area contributed by atoms with Crippen LogP contribution in [0.15, 0.2) is 41.3 Å². The molecule has 2 heterocycles. The predicted octanol–water partition coefficient (Wildman–Crippen LogP) is 3.59. The van der Waals surface area contributed by atoms with E-state index < -0.39 is 0 Å². The van der Waals surface area contributed by atoms with Crippen molar-refractivity contribution in [1.82, 2.24) is 10.3 Å². The molecule has 1 N–H and O–H groups in total. The van der Waals surface area contributed by atoms with Gasteiger partial charge in [-0.2, -0.15) is 0 Å². The molecule has 0 spiro atoms. The van der Waals surface area contributed by atoms with Crippen LogP contribution >= 0.6 is 0 Å². The Hall–Kier alpha value is -1.81. The minimum absolute atomic E-state index is 0.0958. The summed E-state index contributed by atoms with van der Waals surface area (Å²) in [4.78, 5) is 6.57. The second kappa shape index (κ2) is 6.76. The van der Waals surface area contributed by atoms with Crippen LogP contribution in [0.25, 0.3) is 0 Å². The number of nitrogens with one attached hydrogen (secondary N) is 1. The van der Waals surface area contributed by atoms with Crippen LogP contribution in [0.3, 0.4) is 0 Å². The number of hydrogen-bond donors (Lipinski definition) is 1. The average Bonchev–Trinajstić information content (AvgIpc) is 2.95. The van der Waals surface area contributed by atoms with Crippen molar-refractivity contribution in [1.29, 1.82) is 0 Å². The maximum atomic E-state index is 5.46. The molecule has 4 heteroatoms. The van der Waals surface area contributed by atoms with E-state index in [1.807, 2.05) is 24.5 Å². The van der Waals surface area contributed by atoms with Crippen LogP contribution in [-0.4, -0.2) is 17.1 Å². The topological polar surface area (TPSA) is 41.3 Å². The molecule has 114 valence electrons. The third-order valence-corrected chi connectivity index (χ3v) is 3.35. The predicted molar refractivity (Wildman–Crippen MR) is 86.3 cm³/mol. The van der Waals surface area contributed by atoms with Crippen LogP contribution < -0.4 is 10.2 Å². The van der Waals surface area contributed by atoms with Gasteiger partial charge in [0.15, 0.2) is 0 Å². The molecule has 0 saturated carbocycles. The quantitative estimate of drug-likeness (QED) is 0.881. The molecule has 2 aromatic heterocycles. The van der Waals surface area contributed by atoms with Crippen molar-refractivity contribution in [3.63, 3.8) is 0 Å². The van der Waals surface area contributed by atoms with E-state index >= 15 is 0 Å². The molecule has 0 fully saturated rings. The summed E-state index contributed by atoms with van der Waals surface area (Å²) < 4.78 is 5.46. The molecular weight excluding hydrogens is 262 g/mol. The van der Waals surface area contributed by atoms with E-state index in [-0.39, 0.29) is 5.54 Å². The fraction of sp³-hybridized carbons (Fsp3) is 0.471. The number of pyridine rings is 1. The Kier molecular flexibility index (Phi) is 5.02. The van der Waals surface area contributed by atoms with Crippen molar-refractivity contribution in [3.05, 3.63) is 48.2 Å². The van der Waals surface area contributed by atoms with Gasteiger partial charge in [-0.1, -0.05) is 0 Å². The third-order valence-electron chi connectivity index (χ3n) is 3.35. The van der Waals surface area contributed by atoms with Crippen molar-refractivity contribution in [3.8, 4) is 0 Å². The van der Waals surface area contributed by atoms with Crippen molar-refractivity contribution in [2.24, 2.45) is 0 Å². The molecular formula is C17H25N3O. The highest BCUT2D eigenvalue weighted by Crippen LogP contribution is 2.22. The molecule has 0 atom stereocenters. The lowest BCUT2D eigenvalue weighted by molar-refractivity contribution is 0.424. The molecule has 2 rings (SSSR count). The molecule has 0 aliphatic carbocycles. The summed E-state index contributed by atoms with van der Waals surface area (Å²) in [7, 11) is 0. The lowest BCUT2D eigenvalue weighted by atomic mass is 10.1. The summed E-state index contributed by atoms with van der Waals surface area (Å²) in [6, 6.07) is 6.01. The zero-order chi connectivity index (χ0) is 15.3. The van der Waals surface area contributed by atoms with Gasteiger partial charge in [0.2, 0.25) is 0 Å². The summed E-state index contributed by atoms with van der Waals surface area (Å²) in [6.07, 6.45) is 5.50. The SMILES string of the molecule is CCN(Cc1ccco1)c1cnccc1CNC(C)(C)C. The first-order chi connectivity index (χ1) is 9.99. The highest BCUT2D eigenvalue weighted by molar-refractivity contribution is 5.51. The van der Waals surface area contributed by atoms with Gasteiger partial charge in [0.05, 0.1) is 24.7 Å². The molecule has 0 aromatic carbocycles. The van der Waals surface area contributed by atoms with E-state index in [1.165, 1.54) is 5.56 Å². The summed E-state index contributed by atoms with van der Waals surface area (Å²) in [5, 5.41) is 3.54. The van der Waals surface area contributed by atoms with Gasteiger partial charge in [0, 0.05) is 24.8 Å². The van der Waals surface area contributed by atoms with Gasteiger partial charge < -0.3 is 14.6 Å². The van der Waals surface area contributed by atoms with Gasteiger partial charge in [-0.3, -0.25) is 4.98 Å². The Morgan fingerprint density at radius 3 is 2.71 bits per heavy atom. The van der Waals surface area contributed by atoms with Crippen molar-refractivity contribution >= 4 is 5.69 Å². The fourth-order valence-electron chi connectivity index (χ4n) is 2.17. The Morgan fingerprint density at radius 2 is 2.10 bits per heavy atom. The zero-order valence-electron chi connectivity index (χ0n) is 13.4. The monoisotopic (exact) mass is 287 g/mol. The molecule has 0 saturated heterocycles. The summed E-state index contributed by atoms with van der Waals surface area (Å²) in [5.41, 5.74) is 2.51. The highest BCUT2D eigenvalue weighted by Gasteiger charge is 2.14. The zero-order valence-corrected chi connectivity index (χ0v) is 13.4. The molecule has 4 nitrogen and oxygen atoms in total. The number of hydrogen-bond acceptors (Lipinski definition) is 4. The average molecular weight is 287 g/mol. The minimum atomic E-state index is 0.0958. The molecule has 0 aliphatic rings. The Bertz CT molecular complexity index is 543. The molecule has 21 heavy (non-hydrogen) atoms. The number of rotatable bonds is 6. The molecule has 0 amide bonds. The Labute approximate surface area is 127 Å². The first kappa shape index (κ1) is 15.6. The van der Waals surface area contributed by atoms with E-state index in [0.29, 0.717) is 0 Å². The Morgan fingerprint density at radius 1 is 1.29 bits per heavy atom. The van der Waals surface area contributed by atoms with E-state index in [9.17, 15) is 0 Å². The highest BCUT2D eigenvalue weighted by atomic mass is 16.3. The molecule has 2 aromatic rings. The maximum absolute atomic E-state index is 5.46. The minimum Gasteiger partial charge on any atom is -0.467 e. The van der Waals surface area contributed by atoms with Gasteiger partial charge in [0.1, 0.15) is 5.76 Å². The van der Waals surface area contributed by atoms with Crippen LogP contribution in [-0.2, 0) is 13.1 Å². The molecule has 0 aliphatic heterocycles. The number of nitrogens with zero attached hydrogens (tertiary/aromatic N) is 2. The van der Waals surface area contributed by atoms with Crippen molar-refractivity contribution < 1.29 is 4.42 Å². The van der Waals surface area contributed by atoms with Gasteiger partial charge in [-0.05, 0) is 51.5 Å². The first-order valence-electron chi connectivity index (χ1n) is 7.45. The Balaban J connectivity index is 2.16. The number of anilines is 1. The lowest BCUT2D eigenvalue weighted by Gasteiger charge is -2.26. The van der Waals surface area contributed by atoms with Crippen LogP contribution in [0.4, 0.5) is 5.69 Å². The number of aromatic nitrogens is 1. The molecule has 0 bridgehead atoms. The summed E-state index contributed by atoms with van der Waals surface area (Å²) >= 11 is 0. The number of furan rings is 1. The van der Waals surface area contributed by atoms with E-state index in [4.69, 9.17) is 4.42 Å². The smallest absolute Gasteiger partial charge is 0.123 e. The van der Waals surface area contributed by atoms with Gasteiger partial charge in [-0.15, -0.1) is 0 Å². The van der Waals surface area contributed by atoms with Crippen LogP contribution in [0.1, 0.15) is 39.0 Å². The summed E-state index contributed by atoms with van der Waals surface area (Å²) in [6.45, 7) is 11.2. The van der Waals surface area contributed by atoms with Crippen LogP contribution in [0.2, 0.25) is 0 Å². The van der Waals surface area contributed by atoms with E-state index in [0.717, 1.165) is 31.1 Å². The fourth-order valence-corrected chi connectivity index (χ4v) is 2.17. The van der Waals surface area contributed by atoms with Gasteiger partial charge in [0.25, 0.3) is 0 Å². The van der Waals surface area contributed by atoms with Crippen LogP contribution in [0, 0.1) is 0 Å². The third kappa shape index (κ3) is 4.60. The van der Waals surface area contributed by atoms with E-state index in [2.05, 4.69) is 49.0 Å². The first-order valence-corrected chi connectivity index (χ1v) is 7.45. The van der Waals surface area contributed by atoms with Crippen molar-refractivity contribution in [2.45, 2.75) is 46.3 Å². The summed E-state index contributed by atoms with van der Waals surface area (Å²) in [5.74, 6) is 0.968. The standard InChI is InChI=1S/C17H25N3O/c1-5-20(13-15-7-6-10-21-15)16-12-18-9-8-14(16)11-19-17(2,3)4/h6-10,12,19H,5,11,13H2,1-4H3. The second-order valence-electron chi connectivity index (χ2n) is 6.20. The largest absolute Gasteiger partial charge is 0.467 e. The lowest BCUT2D eigenvalue weighted by Crippen LogP contribution is -2.35. The van der Waals surface area contributed by atoms with Gasteiger partial charge in [-0.25, -0.2) is 0 Å². The van der Waals surface area contributed by atoms with E-state index in [1.54, 1.807) is 6.26 Å². The molecule has 0 unspecified atom stereocenters.